The highest BCUT2D eigenvalue weighted by molar-refractivity contribution is 6.30. The summed E-state index contributed by atoms with van der Waals surface area (Å²) < 4.78 is 32.2. The Morgan fingerprint density at radius 3 is 2.58 bits per heavy atom. The van der Waals surface area contributed by atoms with Crippen LogP contribution >= 0.6 is 11.6 Å². The Morgan fingerprint density at radius 1 is 1.21 bits per heavy atom. The maximum Gasteiger partial charge on any atom is 0.258 e. The third-order valence-corrected chi connectivity index (χ3v) is 2.71. The Bertz CT molecular complexity index is 620. The molecule has 0 bridgehead atoms. The zero-order chi connectivity index (χ0) is 14.0. The molecule has 2 rings (SSSR count). The van der Waals surface area contributed by atoms with Crippen LogP contribution in [0.1, 0.15) is 5.56 Å². The average molecular weight is 285 g/mol. The summed E-state index contributed by atoms with van der Waals surface area (Å²) in [6.07, 6.45) is 0. The Morgan fingerprint density at radius 2 is 1.95 bits per heavy atom. The SMILES string of the molecule is CNc1nc(Oc2ccc(Cl)cc2C)c(F)cc1F. The highest BCUT2D eigenvalue weighted by Crippen LogP contribution is 2.29. The lowest BCUT2D eigenvalue weighted by Crippen LogP contribution is -2.01. The van der Waals surface area contributed by atoms with Gasteiger partial charge < -0.3 is 10.1 Å². The number of rotatable bonds is 3. The Balaban J connectivity index is 2.37. The third-order valence-electron chi connectivity index (χ3n) is 2.48. The molecule has 19 heavy (non-hydrogen) atoms. The zero-order valence-corrected chi connectivity index (χ0v) is 11.1. The van der Waals surface area contributed by atoms with E-state index in [2.05, 4.69) is 10.3 Å². The minimum atomic E-state index is -0.870. The standard InChI is InChI=1S/C13H11ClF2N2O/c1-7-5-8(14)3-4-11(7)19-13-10(16)6-9(15)12(17-2)18-13/h3-6H,1-2H3,(H,17,18). The summed E-state index contributed by atoms with van der Waals surface area (Å²) in [5.74, 6) is -1.62. The molecule has 1 aromatic heterocycles. The molecule has 0 atom stereocenters. The number of nitrogens with zero attached hydrogens (tertiary/aromatic N) is 1. The molecule has 2 aromatic rings. The third kappa shape index (κ3) is 2.93. The van der Waals surface area contributed by atoms with Crippen molar-refractivity contribution in [2.24, 2.45) is 0 Å². The summed E-state index contributed by atoms with van der Waals surface area (Å²) in [6, 6.07) is 5.61. The van der Waals surface area contributed by atoms with Gasteiger partial charge in [-0.3, -0.25) is 0 Å². The van der Waals surface area contributed by atoms with Gasteiger partial charge in [-0.1, -0.05) is 11.6 Å². The largest absolute Gasteiger partial charge is 0.436 e. The number of nitrogens with one attached hydrogen (secondary N) is 1. The molecule has 6 heteroatoms. The number of pyridine rings is 1. The summed E-state index contributed by atoms with van der Waals surface area (Å²) in [6.45, 7) is 1.77. The highest BCUT2D eigenvalue weighted by atomic mass is 35.5. The number of benzene rings is 1. The van der Waals surface area contributed by atoms with E-state index in [-0.39, 0.29) is 11.7 Å². The fourth-order valence-electron chi connectivity index (χ4n) is 1.53. The normalized spacial score (nSPS) is 10.4. The van der Waals surface area contributed by atoms with Crippen molar-refractivity contribution >= 4 is 17.4 Å². The second kappa shape index (κ2) is 5.40. The number of ether oxygens (including phenoxy) is 1. The monoisotopic (exact) mass is 284 g/mol. The van der Waals surface area contributed by atoms with E-state index in [0.717, 1.165) is 11.6 Å². The number of aromatic nitrogens is 1. The zero-order valence-electron chi connectivity index (χ0n) is 10.3. The van der Waals surface area contributed by atoms with E-state index < -0.39 is 11.6 Å². The Kier molecular flexibility index (Phi) is 3.85. The van der Waals surface area contributed by atoms with Crippen molar-refractivity contribution in [1.82, 2.24) is 4.98 Å². The molecular formula is C13H11ClF2N2O. The molecule has 100 valence electrons. The van der Waals surface area contributed by atoms with Gasteiger partial charge in [0.25, 0.3) is 5.88 Å². The van der Waals surface area contributed by atoms with Crippen LogP contribution in [0.15, 0.2) is 24.3 Å². The van der Waals surface area contributed by atoms with Gasteiger partial charge in [0.1, 0.15) is 5.75 Å². The van der Waals surface area contributed by atoms with Gasteiger partial charge in [-0.05, 0) is 30.7 Å². The van der Waals surface area contributed by atoms with Crippen LogP contribution in [0.5, 0.6) is 11.6 Å². The van der Waals surface area contributed by atoms with Crippen LogP contribution in [0, 0.1) is 18.6 Å². The molecule has 3 nitrogen and oxygen atoms in total. The second-order valence-electron chi connectivity index (χ2n) is 3.87. The predicted molar refractivity (Wildman–Crippen MR) is 70.0 cm³/mol. The molecule has 0 unspecified atom stereocenters. The van der Waals surface area contributed by atoms with E-state index in [0.29, 0.717) is 10.8 Å². The molecule has 0 aliphatic rings. The van der Waals surface area contributed by atoms with Crippen LogP contribution in [0.2, 0.25) is 5.02 Å². The molecule has 1 N–H and O–H groups in total. The second-order valence-corrected chi connectivity index (χ2v) is 4.30. The van der Waals surface area contributed by atoms with Crippen molar-refractivity contribution in [2.75, 3.05) is 12.4 Å². The lowest BCUT2D eigenvalue weighted by Gasteiger charge is -2.10. The highest BCUT2D eigenvalue weighted by Gasteiger charge is 2.13. The topological polar surface area (TPSA) is 34.2 Å². The maximum absolute atomic E-state index is 13.6. The Hall–Kier alpha value is -1.88. The smallest absolute Gasteiger partial charge is 0.258 e. The van der Waals surface area contributed by atoms with Crippen LogP contribution in [-0.4, -0.2) is 12.0 Å². The summed E-state index contributed by atoms with van der Waals surface area (Å²) in [7, 11) is 1.49. The molecule has 0 amide bonds. The number of anilines is 1. The van der Waals surface area contributed by atoms with Crippen LogP contribution in [-0.2, 0) is 0 Å². The molecule has 0 saturated carbocycles. The van der Waals surface area contributed by atoms with Crippen LogP contribution in [0.25, 0.3) is 0 Å². The molecular weight excluding hydrogens is 274 g/mol. The number of aryl methyl sites for hydroxylation is 1. The first-order valence-electron chi connectivity index (χ1n) is 5.49. The molecule has 0 aliphatic heterocycles. The van der Waals surface area contributed by atoms with E-state index in [1.54, 1.807) is 25.1 Å². The van der Waals surface area contributed by atoms with Crippen LogP contribution in [0.4, 0.5) is 14.6 Å². The lowest BCUT2D eigenvalue weighted by molar-refractivity contribution is 0.416. The molecule has 0 saturated heterocycles. The molecule has 0 aliphatic carbocycles. The fraction of sp³-hybridized carbons (Fsp3) is 0.154. The molecule has 1 aromatic carbocycles. The van der Waals surface area contributed by atoms with Crippen molar-refractivity contribution in [3.8, 4) is 11.6 Å². The quantitative estimate of drug-likeness (QED) is 0.919. The summed E-state index contributed by atoms with van der Waals surface area (Å²) in [4.78, 5) is 3.73. The minimum absolute atomic E-state index is 0.0805. The van der Waals surface area contributed by atoms with Crippen molar-refractivity contribution in [3.05, 3.63) is 46.5 Å². The maximum atomic E-state index is 13.6. The molecule has 0 radical (unpaired) electrons. The Labute approximate surface area is 114 Å². The van der Waals surface area contributed by atoms with Crippen molar-refractivity contribution in [3.63, 3.8) is 0 Å². The first-order chi connectivity index (χ1) is 9.01. The van der Waals surface area contributed by atoms with Crippen molar-refractivity contribution < 1.29 is 13.5 Å². The van der Waals surface area contributed by atoms with Gasteiger partial charge in [-0.15, -0.1) is 0 Å². The van der Waals surface area contributed by atoms with Crippen LogP contribution < -0.4 is 10.1 Å². The van der Waals surface area contributed by atoms with Gasteiger partial charge in [0.2, 0.25) is 0 Å². The fourth-order valence-corrected chi connectivity index (χ4v) is 1.75. The van der Waals surface area contributed by atoms with Gasteiger partial charge >= 0.3 is 0 Å². The summed E-state index contributed by atoms with van der Waals surface area (Å²) >= 11 is 5.81. The van der Waals surface area contributed by atoms with Gasteiger partial charge in [0.15, 0.2) is 17.5 Å². The molecule has 0 fully saturated rings. The van der Waals surface area contributed by atoms with Gasteiger partial charge in [0, 0.05) is 18.1 Å². The van der Waals surface area contributed by atoms with Crippen molar-refractivity contribution in [1.29, 1.82) is 0 Å². The number of halogens is 3. The van der Waals surface area contributed by atoms with E-state index in [1.165, 1.54) is 7.05 Å². The predicted octanol–water partition coefficient (Wildman–Crippen LogP) is 4.16. The van der Waals surface area contributed by atoms with E-state index in [1.807, 2.05) is 0 Å². The van der Waals surface area contributed by atoms with E-state index in [4.69, 9.17) is 16.3 Å². The first-order valence-corrected chi connectivity index (χ1v) is 5.87. The van der Waals surface area contributed by atoms with Crippen LogP contribution in [0.3, 0.4) is 0 Å². The molecule has 0 spiro atoms. The first kappa shape index (κ1) is 13.5. The minimum Gasteiger partial charge on any atom is -0.436 e. The average Bonchev–Trinajstić information content (AvgIpc) is 2.35. The van der Waals surface area contributed by atoms with E-state index >= 15 is 0 Å². The van der Waals surface area contributed by atoms with Gasteiger partial charge in [0.05, 0.1) is 0 Å². The van der Waals surface area contributed by atoms with Crippen molar-refractivity contribution in [2.45, 2.75) is 6.92 Å². The number of hydrogen-bond acceptors (Lipinski definition) is 3. The summed E-state index contributed by atoms with van der Waals surface area (Å²) in [5, 5.41) is 3.07. The van der Waals surface area contributed by atoms with E-state index in [9.17, 15) is 8.78 Å². The summed E-state index contributed by atoms with van der Waals surface area (Å²) in [5.41, 5.74) is 0.726. The number of hydrogen-bond donors (Lipinski definition) is 1. The lowest BCUT2D eigenvalue weighted by atomic mass is 10.2. The van der Waals surface area contributed by atoms with Gasteiger partial charge in [-0.2, -0.15) is 4.98 Å². The van der Waals surface area contributed by atoms with Gasteiger partial charge in [-0.25, -0.2) is 8.78 Å². The molecule has 1 heterocycles.